The van der Waals surface area contributed by atoms with Gasteiger partial charge in [0.05, 0.1) is 0 Å². The van der Waals surface area contributed by atoms with E-state index >= 15 is 0 Å². The van der Waals surface area contributed by atoms with E-state index in [9.17, 15) is 9.59 Å². The number of anilines is 1. The van der Waals surface area contributed by atoms with E-state index in [4.69, 9.17) is 5.11 Å². The summed E-state index contributed by atoms with van der Waals surface area (Å²) in [5, 5.41) is 12.7. The SMILES string of the molecule is CCC1(CNc2nc(C(=O)O)c(C(C)=O)s2)CC1. The number of rotatable bonds is 6. The molecule has 0 saturated heterocycles. The molecule has 2 rings (SSSR count). The highest BCUT2D eigenvalue weighted by Crippen LogP contribution is 2.48. The van der Waals surface area contributed by atoms with Crippen molar-refractivity contribution in [3.8, 4) is 0 Å². The molecule has 18 heavy (non-hydrogen) atoms. The highest BCUT2D eigenvalue weighted by atomic mass is 32.1. The van der Waals surface area contributed by atoms with Crippen LogP contribution in [0, 0.1) is 5.41 Å². The summed E-state index contributed by atoms with van der Waals surface area (Å²) in [5.74, 6) is -1.41. The summed E-state index contributed by atoms with van der Waals surface area (Å²) in [6, 6.07) is 0. The fraction of sp³-hybridized carbons (Fsp3) is 0.583. The molecule has 98 valence electrons. The number of Topliss-reactive ketones (excluding diaryl/α,β-unsaturated/α-hetero) is 1. The van der Waals surface area contributed by atoms with E-state index in [0.717, 1.165) is 24.3 Å². The summed E-state index contributed by atoms with van der Waals surface area (Å²) in [6.07, 6.45) is 3.51. The number of ketones is 1. The van der Waals surface area contributed by atoms with Gasteiger partial charge in [0.25, 0.3) is 0 Å². The number of carboxylic acids is 1. The van der Waals surface area contributed by atoms with Gasteiger partial charge in [0.2, 0.25) is 0 Å². The molecule has 0 radical (unpaired) electrons. The lowest BCUT2D eigenvalue weighted by molar-refractivity contribution is 0.0687. The quantitative estimate of drug-likeness (QED) is 0.775. The van der Waals surface area contributed by atoms with Crippen LogP contribution in [0.15, 0.2) is 0 Å². The largest absolute Gasteiger partial charge is 0.476 e. The molecule has 1 heterocycles. The van der Waals surface area contributed by atoms with Gasteiger partial charge in [-0.3, -0.25) is 4.79 Å². The molecule has 0 aliphatic heterocycles. The van der Waals surface area contributed by atoms with Gasteiger partial charge >= 0.3 is 5.97 Å². The number of carbonyl (C=O) groups excluding carboxylic acids is 1. The number of aromatic carboxylic acids is 1. The minimum Gasteiger partial charge on any atom is -0.476 e. The van der Waals surface area contributed by atoms with Crippen LogP contribution in [0.5, 0.6) is 0 Å². The van der Waals surface area contributed by atoms with Crippen molar-refractivity contribution >= 4 is 28.2 Å². The number of nitrogens with one attached hydrogen (secondary N) is 1. The van der Waals surface area contributed by atoms with E-state index in [-0.39, 0.29) is 16.4 Å². The zero-order chi connectivity index (χ0) is 13.3. The number of thiazole rings is 1. The van der Waals surface area contributed by atoms with Crippen molar-refractivity contribution < 1.29 is 14.7 Å². The van der Waals surface area contributed by atoms with Crippen LogP contribution in [-0.2, 0) is 0 Å². The molecule has 0 aromatic carbocycles. The minimum absolute atomic E-state index is 0.142. The van der Waals surface area contributed by atoms with Crippen molar-refractivity contribution in [3.63, 3.8) is 0 Å². The highest BCUT2D eigenvalue weighted by molar-refractivity contribution is 7.17. The van der Waals surface area contributed by atoms with Gasteiger partial charge in [0.15, 0.2) is 16.6 Å². The van der Waals surface area contributed by atoms with Crippen LogP contribution in [0.1, 0.15) is 53.3 Å². The third-order valence-corrected chi connectivity index (χ3v) is 4.59. The topological polar surface area (TPSA) is 79.3 Å². The molecular weight excluding hydrogens is 252 g/mol. The molecule has 1 aliphatic carbocycles. The summed E-state index contributed by atoms with van der Waals surface area (Å²) in [7, 11) is 0. The molecule has 5 nitrogen and oxygen atoms in total. The minimum atomic E-state index is -1.15. The van der Waals surface area contributed by atoms with E-state index in [1.165, 1.54) is 19.8 Å². The molecule has 1 saturated carbocycles. The Kier molecular flexibility index (Phi) is 3.38. The van der Waals surface area contributed by atoms with Gasteiger partial charge in [0.1, 0.15) is 4.88 Å². The molecule has 0 amide bonds. The second kappa shape index (κ2) is 4.68. The first-order valence-corrected chi connectivity index (χ1v) is 6.78. The van der Waals surface area contributed by atoms with Crippen LogP contribution < -0.4 is 5.32 Å². The number of hydrogen-bond donors (Lipinski definition) is 2. The zero-order valence-electron chi connectivity index (χ0n) is 10.4. The summed E-state index contributed by atoms with van der Waals surface area (Å²) in [6.45, 7) is 4.31. The van der Waals surface area contributed by atoms with E-state index in [2.05, 4.69) is 17.2 Å². The van der Waals surface area contributed by atoms with Crippen LogP contribution >= 0.6 is 11.3 Å². The molecule has 0 unspecified atom stereocenters. The van der Waals surface area contributed by atoms with Crippen molar-refractivity contribution in [1.29, 1.82) is 0 Å². The first-order valence-electron chi connectivity index (χ1n) is 5.96. The number of aromatic nitrogens is 1. The molecule has 1 fully saturated rings. The number of carboxylic acid groups (broad SMARTS) is 1. The Hall–Kier alpha value is -1.43. The monoisotopic (exact) mass is 268 g/mol. The summed E-state index contributed by atoms with van der Waals surface area (Å²) >= 11 is 1.12. The van der Waals surface area contributed by atoms with Crippen LogP contribution in [0.25, 0.3) is 0 Å². The van der Waals surface area contributed by atoms with Gasteiger partial charge in [-0.05, 0) is 24.7 Å². The van der Waals surface area contributed by atoms with Crippen LogP contribution in [0.3, 0.4) is 0 Å². The van der Waals surface area contributed by atoms with E-state index in [0.29, 0.717) is 10.5 Å². The molecule has 1 aromatic rings. The van der Waals surface area contributed by atoms with Gasteiger partial charge in [0, 0.05) is 13.5 Å². The standard InChI is InChI=1S/C12H16N2O3S/c1-3-12(4-5-12)6-13-11-14-8(10(16)17)9(18-11)7(2)15/h3-6H2,1-2H3,(H,13,14)(H,16,17). The van der Waals surface area contributed by atoms with Crippen molar-refractivity contribution in [3.05, 3.63) is 10.6 Å². The predicted octanol–water partition coefficient (Wildman–Crippen LogP) is 2.65. The molecule has 6 heteroatoms. The Labute approximate surface area is 109 Å². The first kappa shape index (κ1) is 13.0. The summed E-state index contributed by atoms with van der Waals surface area (Å²) in [4.78, 5) is 26.5. The molecule has 2 N–H and O–H groups in total. The van der Waals surface area contributed by atoms with E-state index < -0.39 is 5.97 Å². The molecule has 1 aliphatic rings. The number of carbonyl (C=O) groups is 2. The summed E-state index contributed by atoms with van der Waals surface area (Å²) in [5.41, 5.74) is 0.210. The average molecular weight is 268 g/mol. The zero-order valence-corrected chi connectivity index (χ0v) is 11.3. The van der Waals surface area contributed by atoms with Gasteiger partial charge < -0.3 is 10.4 Å². The van der Waals surface area contributed by atoms with Crippen molar-refractivity contribution in [2.24, 2.45) is 5.41 Å². The maximum Gasteiger partial charge on any atom is 0.356 e. The average Bonchev–Trinajstić information content (AvgIpc) is 2.97. The van der Waals surface area contributed by atoms with Crippen molar-refractivity contribution in [2.75, 3.05) is 11.9 Å². The van der Waals surface area contributed by atoms with Crippen LogP contribution in [0.4, 0.5) is 5.13 Å². The fourth-order valence-electron chi connectivity index (χ4n) is 1.87. The van der Waals surface area contributed by atoms with Crippen LogP contribution in [-0.4, -0.2) is 28.4 Å². The van der Waals surface area contributed by atoms with E-state index in [1.54, 1.807) is 0 Å². The van der Waals surface area contributed by atoms with Gasteiger partial charge in [-0.2, -0.15) is 0 Å². The normalized spacial score (nSPS) is 16.3. The van der Waals surface area contributed by atoms with E-state index in [1.807, 2.05) is 0 Å². The highest BCUT2D eigenvalue weighted by Gasteiger charge is 2.40. The molecular formula is C12H16N2O3S. The Bertz CT molecular complexity index is 460. The number of hydrogen-bond acceptors (Lipinski definition) is 5. The predicted molar refractivity (Wildman–Crippen MR) is 69.5 cm³/mol. The lowest BCUT2D eigenvalue weighted by Gasteiger charge is -2.11. The van der Waals surface area contributed by atoms with Gasteiger partial charge in [-0.1, -0.05) is 18.3 Å². The lowest BCUT2D eigenvalue weighted by atomic mass is 10.0. The Balaban J connectivity index is 2.12. The third kappa shape index (κ3) is 2.53. The fourth-order valence-corrected chi connectivity index (χ4v) is 2.72. The molecule has 0 spiro atoms. The Morgan fingerprint density at radius 2 is 2.17 bits per heavy atom. The molecule has 0 atom stereocenters. The number of nitrogens with zero attached hydrogens (tertiary/aromatic N) is 1. The van der Waals surface area contributed by atoms with Crippen molar-refractivity contribution in [2.45, 2.75) is 33.1 Å². The third-order valence-electron chi connectivity index (χ3n) is 3.47. The second-order valence-corrected chi connectivity index (χ2v) is 5.76. The smallest absolute Gasteiger partial charge is 0.356 e. The lowest BCUT2D eigenvalue weighted by Crippen LogP contribution is -2.14. The van der Waals surface area contributed by atoms with Crippen LogP contribution in [0.2, 0.25) is 0 Å². The molecule has 0 bridgehead atoms. The van der Waals surface area contributed by atoms with Gasteiger partial charge in [-0.15, -0.1) is 0 Å². The van der Waals surface area contributed by atoms with Crippen molar-refractivity contribution in [1.82, 2.24) is 4.98 Å². The summed E-state index contributed by atoms with van der Waals surface area (Å²) < 4.78 is 0. The maximum atomic E-state index is 11.3. The maximum absolute atomic E-state index is 11.3. The Morgan fingerprint density at radius 3 is 2.56 bits per heavy atom. The first-order chi connectivity index (χ1) is 8.47. The van der Waals surface area contributed by atoms with Gasteiger partial charge in [-0.25, -0.2) is 9.78 Å². The second-order valence-electron chi connectivity index (χ2n) is 4.77. The Morgan fingerprint density at radius 1 is 1.50 bits per heavy atom. The molecule has 1 aromatic heterocycles.